The van der Waals surface area contributed by atoms with E-state index in [1.165, 1.54) is 0 Å². The molecule has 3 N–H and O–H groups in total. The van der Waals surface area contributed by atoms with Crippen molar-refractivity contribution in [2.75, 3.05) is 5.32 Å². The molecule has 2 heterocycles. The molecule has 2 aromatic heterocycles. The summed E-state index contributed by atoms with van der Waals surface area (Å²) < 4.78 is 2.58. The molecule has 1 amide bonds. The first-order chi connectivity index (χ1) is 12.8. The van der Waals surface area contributed by atoms with Crippen molar-refractivity contribution in [3.05, 3.63) is 50.9 Å². The number of amides is 1. The Morgan fingerprint density at radius 2 is 1.74 bits per heavy atom. The second-order valence-corrected chi connectivity index (χ2v) is 7.46. The number of hydrazine groups is 1. The highest BCUT2D eigenvalue weighted by atomic mass is 79.9. The molecule has 0 bridgehead atoms. The SMILES string of the molecule is Cc1cc2nnc(C(=O)NNC(=S)Nc3c(C)cc(Br)cc3C)c(C)n2n1. The van der Waals surface area contributed by atoms with Gasteiger partial charge in [0, 0.05) is 16.2 Å². The minimum atomic E-state index is -0.455. The van der Waals surface area contributed by atoms with E-state index in [9.17, 15) is 4.79 Å². The number of fused-ring (bicyclic) bond motifs is 1. The van der Waals surface area contributed by atoms with E-state index in [4.69, 9.17) is 12.2 Å². The van der Waals surface area contributed by atoms with Gasteiger partial charge >= 0.3 is 0 Å². The smallest absolute Gasteiger partial charge is 0.292 e. The van der Waals surface area contributed by atoms with Crippen molar-refractivity contribution < 1.29 is 4.79 Å². The number of carbonyl (C=O) groups is 1. The third kappa shape index (κ3) is 4.06. The van der Waals surface area contributed by atoms with Gasteiger partial charge in [-0.2, -0.15) is 5.10 Å². The zero-order chi connectivity index (χ0) is 19.7. The molecule has 0 spiro atoms. The van der Waals surface area contributed by atoms with Gasteiger partial charge in [0.25, 0.3) is 5.91 Å². The summed E-state index contributed by atoms with van der Waals surface area (Å²) in [6, 6.07) is 5.76. The van der Waals surface area contributed by atoms with Crippen molar-refractivity contribution in [2.45, 2.75) is 27.7 Å². The lowest BCUT2D eigenvalue weighted by Gasteiger charge is -2.16. The molecule has 3 rings (SSSR count). The third-order valence-electron chi connectivity index (χ3n) is 3.97. The number of benzene rings is 1. The Balaban J connectivity index is 1.69. The largest absolute Gasteiger partial charge is 0.331 e. The van der Waals surface area contributed by atoms with E-state index in [0.29, 0.717) is 11.3 Å². The van der Waals surface area contributed by atoms with Gasteiger partial charge in [0.1, 0.15) is 0 Å². The molecule has 0 aliphatic rings. The predicted molar refractivity (Wildman–Crippen MR) is 111 cm³/mol. The lowest BCUT2D eigenvalue weighted by atomic mass is 10.1. The summed E-state index contributed by atoms with van der Waals surface area (Å²) in [6.45, 7) is 7.56. The van der Waals surface area contributed by atoms with Gasteiger partial charge in [-0.05, 0) is 63.2 Å². The number of rotatable bonds is 2. The molecule has 0 aliphatic carbocycles. The topological polar surface area (TPSA) is 96.2 Å². The quantitative estimate of drug-likeness (QED) is 0.410. The monoisotopic (exact) mass is 447 g/mol. The third-order valence-corrected chi connectivity index (χ3v) is 4.63. The summed E-state index contributed by atoms with van der Waals surface area (Å²) in [7, 11) is 0. The van der Waals surface area contributed by atoms with E-state index >= 15 is 0 Å². The molecule has 0 atom stereocenters. The predicted octanol–water partition coefficient (Wildman–Crippen LogP) is 2.75. The minimum absolute atomic E-state index is 0.164. The first kappa shape index (κ1) is 19.2. The molecule has 140 valence electrons. The number of nitrogens with one attached hydrogen (secondary N) is 3. The summed E-state index contributed by atoms with van der Waals surface area (Å²) in [5, 5.41) is 15.7. The van der Waals surface area contributed by atoms with Gasteiger partial charge in [0.15, 0.2) is 16.5 Å². The molecule has 0 aliphatic heterocycles. The van der Waals surface area contributed by atoms with Gasteiger partial charge < -0.3 is 5.32 Å². The Kier molecular flexibility index (Phi) is 5.38. The molecule has 1 aromatic carbocycles. The molecular weight excluding hydrogens is 430 g/mol. The van der Waals surface area contributed by atoms with Crippen molar-refractivity contribution in [3.63, 3.8) is 0 Å². The Bertz CT molecular complexity index is 1040. The highest BCUT2D eigenvalue weighted by Gasteiger charge is 2.16. The molecule has 10 heteroatoms. The molecule has 8 nitrogen and oxygen atoms in total. The maximum Gasteiger partial charge on any atom is 0.292 e. The molecule has 0 saturated heterocycles. The normalized spacial score (nSPS) is 10.7. The Morgan fingerprint density at radius 3 is 2.41 bits per heavy atom. The van der Waals surface area contributed by atoms with Crippen LogP contribution in [-0.4, -0.2) is 30.8 Å². The maximum absolute atomic E-state index is 12.4. The number of carbonyl (C=O) groups excluding carboxylic acids is 1. The van der Waals surface area contributed by atoms with Gasteiger partial charge in [-0.1, -0.05) is 15.9 Å². The highest BCUT2D eigenvalue weighted by Crippen LogP contribution is 2.24. The fourth-order valence-electron chi connectivity index (χ4n) is 2.71. The van der Waals surface area contributed by atoms with Gasteiger partial charge in [-0.25, -0.2) is 4.52 Å². The second kappa shape index (κ2) is 7.57. The fourth-order valence-corrected chi connectivity index (χ4v) is 3.55. The maximum atomic E-state index is 12.4. The van der Waals surface area contributed by atoms with Crippen molar-refractivity contribution in [3.8, 4) is 0 Å². The van der Waals surface area contributed by atoms with Crippen LogP contribution in [-0.2, 0) is 0 Å². The molecule has 27 heavy (non-hydrogen) atoms. The van der Waals surface area contributed by atoms with Crippen LogP contribution in [0.25, 0.3) is 5.65 Å². The van der Waals surface area contributed by atoms with E-state index in [0.717, 1.165) is 27.0 Å². The standard InChI is InChI=1S/C17H18BrN7OS/c1-8-5-12(18)6-9(2)14(8)19-17(27)23-22-16(26)15-11(4)25-13(20-21-15)7-10(3)24-25/h5-7H,1-4H3,(H,22,26)(H2,19,23,27). The number of thiocarbonyl (C=S) groups is 1. The Labute approximate surface area is 169 Å². The molecule has 0 saturated carbocycles. The summed E-state index contributed by atoms with van der Waals surface area (Å²) >= 11 is 8.73. The van der Waals surface area contributed by atoms with Crippen LogP contribution in [0.5, 0.6) is 0 Å². The zero-order valence-electron chi connectivity index (χ0n) is 15.2. The van der Waals surface area contributed by atoms with Crippen molar-refractivity contribution in [1.82, 2.24) is 30.7 Å². The first-order valence-electron chi connectivity index (χ1n) is 8.10. The number of hydrogen-bond acceptors (Lipinski definition) is 5. The van der Waals surface area contributed by atoms with Crippen molar-refractivity contribution in [1.29, 1.82) is 0 Å². The van der Waals surface area contributed by atoms with E-state index < -0.39 is 5.91 Å². The molecule has 0 radical (unpaired) electrons. The van der Waals surface area contributed by atoms with Crippen LogP contribution in [0.2, 0.25) is 0 Å². The van der Waals surface area contributed by atoms with E-state index in [2.05, 4.69) is 47.4 Å². The van der Waals surface area contributed by atoms with E-state index in [-0.39, 0.29) is 10.8 Å². The van der Waals surface area contributed by atoms with Crippen LogP contribution in [0.4, 0.5) is 5.69 Å². The number of aromatic nitrogens is 4. The number of aryl methyl sites for hydroxylation is 4. The van der Waals surface area contributed by atoms with Gasteiger partial charge in [0.05, 0.1) is 11.4 Å². The Hall–Kier alpha value is -2.59. The minimum Gasteiger partial charge on any atom is -0.331 e. The van der Waals surface area contributed by atoms with Crippen LogP contribution in [0.15, 0.2) is 22.7 Å². The van der Waals surface area contributed by atoms with E-state index in [1.54, 1.807) is 17.5 Å². The molecular formula is C17H18BrN7OS. The fraction of sp³-hybridized carbons (Fsp3) is 0.235. The highest BCUT2D eigenvalue weighted by molar-refractivity contribution is 9.10. The summed E-state index contributed by atoms with van der Waals surface area (Å²) in [4.78, 5) is 12.4. The lowest BCUT2D eigenvalue weighted by Crippen LogP contribution is -2.44. The van der Waals surface area contributed by atoms with Gasteiger partial charge in [0.2, 0.25) is 0 Å². The average molecular weight is 448 g/mol. The number of nitrogens with zero attached hydrogens (tertiary/aromatic N) is 4. The molecule has 3 aromatic rings. The van der Waals surface area contributed by atoms with Crippen LogP contribution >= 0.6 is 28.1 Å². The second-order valence-electron chi connectivity index (χ2n) is 6.14. The summed E-state index contributed by atoms with van der Waals surface area (Å²) in [6.07, 6.45) is 0. The van der Waals surface area contributed by atoms with Crippen molar-refractivity contribution >= 4 is 50.5 Å². The number of halogens is 1. The average Bonchev–Trinajstić information content (AvgIpc) is 2.97. The number of anilines is 1. The van der Waals surface area contributed by atoms with Crippen LogP contribution in [0.3, 0.4) is 0 Å². The van der Waals surface area contributed by atoms with Gasteiger partial charge in [-0.3, -0.25) is 15.6 Å². The molecule has 0 fully saturated rings. The zero-order valence-corrected chi connectivity index (χ0v) is 17.6. The van der Waals surface area contributed by atoms with Crippen LogP contribution in [0, 0.1) is 27.7 Å². The van der Waals surface area contributed by atoms with Gasteiger partial charge in [-0.15, -0.1) is 10.2 Å². The molecule has 0 unspecified atom stereocenters. The Morgan fingerprint density at radius 1 is 1.07 bits per heavy atom. The van der Waals surface area contributed by atoms with Crippen molar-refractivity contribution in [2.24, 2.45) is 0 Å². The first-order valence-corrected chi connectivity index (χ1v) is 9.30. The summed E-state index contributed by atoms with van der Waals surface area (Å²) in [5.74, 6) is -0.455. The van der Waals surface area contributed by atoms with E-state index in [1.807, 2.05) is 32.9 Å². The summed E-state index contributed by atoms with van der Waals surface area (Å²) in [5.41, 5.74) is 10.3. The lowest BCUT2D eigenvalue weighted by molar-refractivity contribution is 0.0936. The van der Waals surface area contributed by atoms with Crippen LogP contribution in [0.1, 0.15) is 33.0 Å². The number of hydrogen-bond donors (Lipinski definition) is 3. The van der Waals surface area contributed by atoms with Crippen LogP contribution < -0.4 is 16.2 Å².